The summed E-state index contributed by atoms with van der Waals surface area (Å²) in [7, 11) is -1.13. The molecule has 0 amide bonds. The van der Waals surface area contributed by atoms with Crippen molar-refractivity contribution in [3.05, 3.63) is 0 Å². The predicted octanol–water partition coefficient (Wildman–Crippen LogP) is 0.401. The molecule has 3 N–H and O–H groups in total. The third-order valence-electron chi connectivity index (χ3n) is 4.02. The van der Waals surface area contributed by atoms with E-state index in [0.29, 0.717) is 12.8 Å². The summed E-state index contributed by atoms with van der Waals surface area (Å²) in [6, 6.07) is 0. The average Bonchev–Trinajstić information content (AvgIpc) is 3.05. The Bertz CT molecular complexity index is 391. The van der Waals surface area contributed by atoms with Crippen LogP contribution in [-0.2, 0) is 32.6 Å². The monoisotopic (exact) mass is 355 g/mol. The summed E-state index contributed by atoms with van der Waals surface area (Å²) in [5.41, 5.74) is 5.66. The Balaban J connectivity index is 1.77. The van der Waals surface area contributed by atoms with E-state index in [2.05, 4.69) is 0 Å². The van der Waals surface area contributed by atoms with Crippen molar-refractivity contribution in [1.29, 1.82) is 0 Å². The van der Waals surface area contributed by atoms with E-state index in [1.165, 1.54) is 7.11 Å². The Hall–Kier alpha value is -0.0900. The normalized spacial score (nSPS) is 40.4. The molecule has 0 aromatic heterocycles. The van der Waals surface area contributed by atoms with Gasteiger partial charge in [0.15, 0.2) is 0 Å². The zero-order valence-electron chi connectivity index (χ0n) is 13.6. The maximum Gasteiger partial charge on any atom is 0.472 e. The van der Waals surface area contributed by atoms with E-state index in [1.807, 2.05) is 6.92 Å². The minimum atomic E-state index is -4.22. The van der Waals surface area contributed by atoms with Gasteiger partial charge in [-0.05, 0) is 6.92 Å². The van der Waals surface area contributed by atoms with Gasteiger partial charge in [-0.2, -0.15) is 0 Å². The van der Waals surface area contributed by atoms with Crippen molar-refractivity contribution in [2.75, 3.05) is 27.4 Å². The minimum absolute atomic E-state index is 0.0170. The molecule has 2 aliphatic heterocycles. The lowest BCUT2D eigenvalue weighted by molar-refractivity contribution is -0.0457. The summed E-state index contributed by atoms with van der Waals surface area (Å²) in [4.78, 5) is 9.77. The second-order valence-electron chi connectivity index (χ2n) is 5.78. The summed E-state index contributed by atoms with van der Waals surface area (Å²) >= 11 is 0. The molecule has 0 aliphatic carbocycles. The topological polar surface area (TPSA) is 119 Å². The Labute approximate surface area is 135 Å². The molecule has 5 unspecified atom stereocenters. The SMILES string of the molecule is COC1CC(N)OC1COP(=O)(O)OC[C@H]1O[C@@H](C)CC1OC. The number of phosphoric ester groups is 1. The van der Waals surface area contributed by atoms with Crippen LogP contribution in [-0.4, -0.2) is 69.1 Å². The van der Waals surface area contributed by atoms with Crippen LogP contribution in [0.5, 0.6) is 0 Å². The van der Waals surface area contributed by atoms with E-state index in [1.54, 1.807) is 7.11 Å². The number of nitrogens with two attached hydrogens (primary N) is 1. The third-order valence-corrected chi connectivity index (χ3v) is 4.97. The van der Waals surface area contributed by atoms with Crippen molar-refractivity contribution in [1.82, 2.24) is 0 Å². The Kier molecular flexibility index (Phi) is 6.97. The zero-order valence-corrected chi connectivity index (χ0v) is 14.5. The number of ether oxygens (including phenoxy) is 4. The number of rotatable bonds is 8. The van der Waals surface area contributed by atoms with Crippen LogP contribution in [0.2, 0.25) is 0 Å². The number of methoxy groups -OCH3 is 2. The maximum absolute atomic E-state index is 12.0. The highest BCUT2D eigenvalue weighted by molar-refractivity contribution is 7.47. The molecule has 7 atom stereocenters. The molecule has 0 aromatic carbocycles. The summed E-state index contributed by atoms with van der Waals surface area (Å²) in [5, 5.41) is 0. The second-order valence-corrected chi connectivity index (χ2v) is 7.23. The lowest BCUT2D eigenvalue weighted by Crippen LogP contribution is -2.29. The van der Waals surface area contributed by atoms with Crippen LogP contribution in [0.4, 0.5) is 0 Å². The fourth-order valence-corrected chi connectivity index (χ4v) is 3.58. The maximum atomic E-state index is 12.0. The van der Waals surface area contributed by atoms with Gasteiger partial charge in [-0.15, -0.1) is 0 Å². The molecule has 0 radical (unpaired) electrons. The summed E-state index contributed by atoms with van der Waals surface area (Å²) in [6.45, 7) is 1.68. The predicted molar refractivity (Wildman–Crippen MR) is 79.7 cm³/mol. The van der Waals surface area contributed by atoms with Gasteiger partial charge in [0.1, 0.15) is 18.4 Å². The highest BCUT2D eigenvalue weighted by atomic mass is 31.2. The molecule has 2 fully saturated rings. The Morgan fingerprint density at radius 3 is 2.17 bits per heavy atom. The van der Waals surface area contributed by atoms with E-state index in [4.69, 9.17) is 33.7 Å². The van der Waals surface area contributed by atoms with E-state index in [9.17, 15) is 9.46 Å². The summed E-state index contributed by atoms with van der Waals surface area (Å²) in [5.74, 6) is 0. The molecular formula is C13H26NO8P. The second kappa shape index (κ2) is 8.33. The van der Waals surface area contributed by atoms with Crippen molar-refractivity contribution >= 4 is 7.82 Å². The quantitative estimate of drug-likeness (QED) is 0.596. The van der Waals surface area contributed by atoms with Gasteiger partial charge in [-0.1, -0.05) is 0 Å². The van der Waals surface area contributed by atoms with E-state index in [-0.39, 0.29) is 31.5 Å². The first kappa shape index (κ1) is 19.2. The molecule has 10 heteroatoms. The lowest BCUT2D eigenvalue weighted by Gasteiger charge is -2.21. The van der Waals surface area contributed by atoms with Gasteiger partial charge < -0.3 is 29.6 Å². The lowest BCUT2D eigenvalue weighted by atomic mass is 10.1. The number of phosphoric acid groups is 1. The van der Waals surface area contributed by atoms with Gasteiger partial charge in [-0.25, -0.2) is 4.57 Å². The fraction of sp³-hybridized carbons (Fsp3) is 1.00. The van der Waals surface area contributed by atoms with Crippen LogP contribution < -0.4 is 5.73 Å². The van der Waals surface area contributed by atoms with Crippen molar-refractivity contribution in [2.24, 2.45) is 5.73 Å². The molecule has 2 heterocycles. The van der Waals surface area contributed by atoms with Gasteiger partial charge in [0, 0.05) is 27.1 Å². The van der Waals surface area contributed by atoms with Gasteiger partial charge in [0.05, 0.1) is 31.5 Å². The van der Waals surface area contributed by atoms with Crippen molar-refractivity contribution in [3.8, 4) is 0 Å². The van der Waals surface area contributed by atoms with Gasteiger partial charge in [-0.3, -0.25) is 9.05 Å². The standard InChI is InChI=1S/C13H26NO8P/c1-8-4-9(17-2)11(21-8)6-19-23(15,16)20-7-12-10(18-3)5-13(14)22-12/h8-13H,4-7,14H2,1-3H3,(H,15,16)/t8-,9?,10?,11+,12?,13?/m0/s1. The van der Waals surface area contributed by atoms with Crippen molar-refractivity contribution in [2.45, 2.75) is 56.5 Å². The molecule has 0 bridgehead atoms. The summed E-state index contributed by atoms with van der Waals surface area (Å²) < 4.78 is 43.4. The third kappa shape index (κ3) is 5.45. The first-order valence-electron chi connectivity index (χ1n) is 7.58. The minimum Gasteiger partial charge on any atom is -0.379 e. The Morgan fingerprint density at radius 1 is 1.09 bits per heavy atom. The van der Waals surface area contributed by atoms with E-state index >= 15 is 0 Å². The van der Waals surface area contributed by atoms with Crippen LogP contribution in [0.3, 0.4) is 0 Å². The molecular weight excluding hydrogens is 329 g/mol. The van der Waals surface area contributed by atoms with Gasteiger partial charge >= 0.3 is 7.82 Å². The summed E-state index contributed by atoms with van der Waals surface area (Å²) in [6.07, 6.45) is -0.585. The van der Waals surface area contributed by atoms with E-state index < -0.39 is 26.3 Å². The van der Waals surface area contributed by atoms with Crippen molar-refractivity contribution in [3.63, 3.8) is 0 Å². The molecule has 2 rings (SSSR count). The number of hydrogen-bond donors (Lipinski definition) is 2. The molecule has 2 saturated heterocycles. The molecule has 0 saturated carbocycles. The average molecular weight is 355 g/mol. The molecule has 0 spiro atoms. The highest BCUT2D eigenvalue weighted by Gasteiger charge is 2.38. The van der Waals surface area contributed by atoms with Crippen LogP contribution in [0.25, 0.3) is 0 Å². The Morgan fingerprint density at radius 2 is 1.61 bits per heavy atom. The van der Waals surface area contributed by atoms with Crippen LogP contribution in [0.1, 0.15) is 19.8 Å². The fourth-order valence-electron chi connectivity index (χ4n) is 2.83. The smallest absolute Gasteiger partial charge is 0.379 e. The zero-order chi connectivity index (χ0) is 17.0. The largest absolute Gasteiger partial charge is 0.472 e. The van der Waals surface area contributed by atoms with Gasteiger partial charge in [0.25, 0.3) is 0 Å². The van der Waals surface area contributed by atoms with E-state index in [0.717, 1.165) is 0 Å². The van der Waals surface area contributed by atoms with Crippen LogP contribution >= 0.6 is 7.82 Å². The van der Waals surface area contributed by atoms with Gasteiger partial charge in [0.2, 0.25) is 0 Å². The van der Waals surface area contributed by atoms with Crippen molar-refractivity contribution < 1.29 is 37.5 Å². The molecule has 9 nitrogen and oxygen atoms in total. The molecule has 0 aromatic rings. The van der Waals surface area contributed by atoms with Crippen LogP contribution in [0.15, 0.2) is 0 Å². The first-order valence-corrected chi connectivity index (χ1v) is 9.08. The first-order chi connectivity index (χ1) is 10.8. The number of hydrogen-bond acceptors (Lipinski definition) is 8. The van der Waals surface area contributed by atoms with Crippen LogP contribution in [0, 0.1) is 0 Å². The molecule has 2 aliphatic rings. The highest BCUT2D eigenvalue weighted by Crippen LogP contribution is 2.44. The molecule has 136 valence electrons. The molecule has 23 heavy (non-hydrogen) atoms.